The number of aryl methyl sites for hydroxylation is 3. The number of carboxylic acids is 1. The van der Waals surface area contributed by atoms with Crippen molar-refractivity contribution in [3.63, 3.8) is 0 Å². The number of rotatable bonds is 6. The Morgan fingerprint density at radius 1 is 1.32 bits per heavy atom. The Labute approximate surface area is 133 Å². The van der Waals surface area contributed by atoms with Crippen LogP contribution in [0, 0.1) is 13.8 Å². The molecule has 6 heteroatoms. The predicted octanol–water partition coefficient (Wildman–Crippen LogP) is 2.63. The van der Waals surface area contributed by atoms with Gasteiger partial charge in [0.15, 0.2) is 6.04 Å². The number of amides is 1. The molecule has 1 atom stereocenters. The Bertz CT molecular complexity index is 668. The van der Waals surface area contributed by atoms with Crippen molar-refractivity contribution in [2.45, 2.75) is 32.7 Å². The molecule has 1 amide bonds. The Hall–Kier alpha value is -2.21. The molecule has 1 aromatic carbocycles. The lowest BCUT2D eigenvalue weighted by atomic mass is 10.0. The lowest BCUT2D eigenvalue weighted by Crippen LogP contribution is -2.34. The van der Waals surface area contributed by atoms with E-state index in [0.29, 0.717) is 12.0 Å². The second kappa shape index (κ2) is 7.17. The van der Waals surface area contributed by atoms with Gasteiger partial charge in [-0.2, -0.15) is 0 Å². The topological polar surface area (TPSA) is 79.3 Å². The van der Waals surface area contributed by atoms with Crippen LogP contribution in [-0.2, 0) is 16.0 Å². The molecule has 0 spiro atoms. The first-order chi connectivity index (χ1) is 10.5. The number of carbonyl (C=O) groups is 2. The largest absolute Gasteiger partial charge is 0.479 e. The van der Waals surface area contributed by atoms with Gasteiger partial charge >= 0.3 is 5.97 Å². The summed E-state index contributed by atoms with van der Waals surface area (Å²) in [5, 5.41) is 13.8. The zero-order valence-electron chi connectivity index (χ0n) is 12.5. The van der Waals surface area contributed by atoms with E-state index < -0.39 is 12.0 Å². The maximum Gasteiger partial charge on any atom is 0.330 e. The fourth-order valence-corrected chi connectivity index (χ4v) is 2.66. The third kappa shape index (κ3) is 4.14. The smallest absolute Gasteiger partial charge is 0.330 e. The highest BCUT2D eigenvalue weighted by atomic mass is 32.1. The summed E-state index contributed by atoms with van der Waals surface area (Å²) < 4.78 is 0. The minimum atomic E-state index is -1.06. The molecule has 2 N–H and O–H groups in total. The molecule has 0 radical (unpaired) electrons. The van der Waals surface area contributed by atoms with Gasteiger partial charge in [-0.15, -0.1) is 11.3 Å². The molecular weight excluding hydrogens is 300 g/mol. The molecule has 0 saturated carbocycles. The molecule has 0 fully saturated rings. The van der Waals surface area contributed by atoms with Crippen LogP contribution >= 0.6 is 11.3 Å². The van der Waals surface area contributed by atoms with E-state index in [1.54, 1.807) is 17.6 Å². The number of carbonyl (C=O) groups excluding carboxylic acids is 1. The normalized spacial score (nSPS) is 11.9. The molecule has 1 aromatic heterocycles. The van der Waals surface area contributed by atoms with E-state index in [1.165, 1.54) is 11.3 Å². The van der Waals surface area contributed by atoms with Crippen LogP contribution in [0.25, 0.3) is 0 Å². The molecule has 1 unspecified atom stereocenters. The number of nitrogens with one attached hydrogen (secondary N) is 1. The van der Waals surface area contributed by atoms with Crippen molar-refractivity contribution in [3.05, 3.63) is 51.5 Å². The molecule has 116 valence electrons. The minimum absolute atomic E-state index is 0.221. The average molecular weight is 318 g/mol. The predicted molar refractivity (Wildman–Crippen MR) is 84.9 cm³/mol. The van der Waals surface area contributed by atoms with Crippen molar-refractivity contribution in [3.8, 4) is 0 Å². The van der Waals surface area contributed by atoms with Gasteiger partial charge in [0, 0.05) is 11.8 Å². The van der Waals surface area contributed by atoms with Gasteiger partial charge in [0.2, 0.25) is 5.91 Å². The summed E-state index contributed by atoms with van der Waals surface area (Å²) in [5.74, 6) is -1.36. The minimum Gasteiger partial charge on any atom is -0.479 e. The molecule has 0 aliphatic rings. The molecule has 1 heterocycles. The number of nitrogens with zero attached hydrogens (tertiary/aromatic N) is 1. The summed E-state index contributed by atoms with van der Waals surface area (Å²) in [6.07, 6.45) is 0.729. The number of hydrogen-bond acceptors (Lipinski definition) is 4. The van der Waals surface area contributed by atoms with Crippen molar-refractivity contribution >= 4 is 23.2 Å². The van der Waals surface area contributed by atoms with Crippen LogP contribution in [0.3, 0.4) is 0 Å². The SMILES string of the molecule is Cc1ccc(C(NC(=O)CCc2cscn2)C(=O)O)cc1C. The number of aliphatic carboxylic acids is 1. The van der Waals surface area contributed by atoms with E-state index >= 15 is 0 Å². The summed E-state index contributed by atoms with van der Waals surface area (Å²) >= 11 is 1.47. The maximum absolute atomic E-state index is 12.0. The number of thiazole rings is 1. The second-order valence-electron chi connectivity index (χ2n) is 5.16. The summed E-state index contributed by atoms with van der Waals surface area (Å²) in [6, 6.07) is 4.38. The lowest BCUT2D eigenvalue weighted by Gasteiger charge is -2.16. The zero-order chi connectivity index (χ0) is 16.1. The molecule has 2 aromatic rings. The van der Waals surface area contributed by atoms with E-state index in [-0.39, 0.29) is 12.3 Å². The third-order valence-electron chi connectivity index (χ3n) is 3.51. The Morgan fingerprint density at radius 3 is 2.68 bits per heavy atom. The highest BCUT2D eigenvalue weighted by Crippen LogP contribution is 2.18. The molecular formula is C16H18N2O3S. The van der Waals surface area contributed by atoms with Crippen LogP contribution in [-0.4, -0.2) is 22.0 Å². The van der Waals surface area contributed by atoms with Gasteiger partial charge in [-0.05, 0) is 37.0 Å². The summed E-state index contributed by atoms with van der Waals surface area (Å²) in [7, 11) is 0. The lowest BCUT2D eigenvalue weighted by molar-refractivity contribution is -0.142. The van der Waals surface area contributed by atoms with Gasteiger partial charge in [-0.3, -0.25) is 4.79 Å². The summed E-state index contributed by atoms with van der Waals surface area (Å²) in [5.41, 5.74) is 5.22. The van der Waals surface area contributed by atoms with E-state index in [2.05, 4.69) is 10.3 Å². The first-order valence-corrected chi connectivity index (χ1v) is 7.88. The number of carboxylic acid groups (broad SMARTS) is 1. The molecule has 2 rings (SSSR count). The van der Waals surface area contributed by atoms with E-state index in [9.17, 15) is 14.7 Å². The highest BCUT2D eigenvalue weighted by Gasteiger charge is 2.22. The first kappa shape index (κ1) is 16.2. The van der Waals surface area contributed by atoms with Crippen LogP contribution in [0.15, 0.2) is 29.1 Å². The standard InChI is InChI=1S/C16H18N2O3S/c1-10-3-4-12(7-11(10)2)15(16(20)21)18-14(19)6-5-13-8-22-9-17-13/h3-4,7-9,15H,5-6H2,1-2H3,(H,18,19)(H,20,21). The Morgan fingerprint density at radius 2 is 2.09 bits per heavy atom. The molecule has 0 aliphatic heterocycles. The number of aromatic nitrogens is 1. The van der Waals surface area contributed by atoms with Crippen molar-refractivity contribution in [1.82, 2.24) is 10.3 Å². The van der Waals surface area contributed by atoms with Crippen molar-refractivity contribution in [2.75, 3.05) is 0 Å². The van der Waals surface area contributed by atoms with E-state index in [4.69, 9.17) is 0 Å². The zero-order valence-corrected chi connectivity index (χ0v) is 13.3. The molecule has 5 nitrogen and oxygen atoms in total. The molecule has 0 bridgehead atoms. The van der Waals surface area contributed by atoms with Crippen LogP contribution in [0.2, 0.25) is 0 Å². The van der Waals surface area contributed by atoms with E-state index in [0.717, 1.165) is 16.8 Å². The molecule has 22 heavy (non-hydrogen) atoms. The van der Waals surface area contributed by atoms with Gasteiger partial charge < -0.3 is 10.4 Å². The second-order valence-corrected chi connectivity index (χ2v) is 5.88. The van der Waals surface area contributed by atoms with Crippen LogP contribution in [0.5, 0.6) is 0 Å². The van der Waals surface area contributed by atoms with Crippen LogP contribution in [0.4, 0.5) is 0 Å². The van der Waals surface area contributed by atoms with Crippen molar-refractivity contribution in [1.29, 1.82) is 0 Å². The Kier molecular flexibility index (Phi) is 5.27. The molecule has 0 aliphatic carbocycles. The highest BCUT2D eigenvalue weighted by molar-refractivity contribution is 7.07. The third-order valence-corrected chi connectivity index (χ3v) is 4.14. The van der Waals surface area contributed by atoms with Gasteiger partial charge in [0.25, 0.3) is 0 Å². The van der Waals surface area contributed by atoms with Crippen molar-refractivity contribution < 1.29 is 14.7 Å². The first-order valence-electron chi connectivity index (χ1n) is 6.93. The monoisotopic (exact) mass is 318 g/mol. The number of hydrogen-bond donors (Lipinski definition) is 2. The maximum atomic E-state index is 12.0. The van der Waals surface area contributed by atoms with Gasteiger partial charge in [0.1, 0.15) is 0 Å². The van der Waals surface area contributed by atoms with Gasteiger partial charge in [-0.1, -0.05) is 18.2 Å². The fraction of sp³-hybridized carbons (Fsp3) is 0.312. The summed E-state index contributed by atoms with van der Waals surface area (Å²) in [4.78, 5) is 27.5. The van der Waals surface area contributed by atoms with Crippen LogP contribution in [0.1, 0.15) is 34.8 Å². The van der Waals surface area contributed by atoms with Crippen LogP contribution < -0.4 is 5.32 Å². The molecule has 0 saturated heterocycles. The van der Waals surface area contributed by atoms with Crippen molar-refractivity contribution in [2.24, 2.45) is 0 Å². The van der Waals surface area contributed by atoms with Gasteiger partial charge in [-0.25, -0.2) is 9.78 Å². The van der Waals surface area contributed by atoms with E-state index in [1.807, 2.05) is 25.3 Å². The quantitative estimate of drug-likeness (QED) is 0.858. The van der Waals surface area contributed by atoms with Gasteiger partial charge in [0.05, 0.1) is 11.2 Å². The average Bonchev–Trinajstić information content (AvgIpc) is 2.98. The summed E-state index contributed by atoms with van der Waals surface area (Å²) in [6.45, 7) is 3.88. The fourth-order valence-electron chi connectivity index (χ4n) is 2.07. The number of benzene rings is 1. The Balaban J connectivity index is 2.03.